The van der Waals surface area contributed by atoms with Crippen LogP contribution >= 0.6 is 0 Å². The molecule has 2 amide bonds. The van der Waals surface area contributed by atoms with Crippen LogP contribution < -0.4 is 10.6 Å². The summed E-state index contributed by atoms with van der Waals surface area (Å²) in [5, 5.41) is 6.37. The normalized spacial score (nSPS) is 33.4. The van der Waals surface area contributed by atoms with E-state index in [0.29, 0.717) is 18.4 Å². The minimum atomic E-state index is -0.758. The van der Waals surface area contributed by atoms with Crippen molar-refractivity contribution in [3.8, 4) is 0 Å². The van der Waals surface area contributed by atoms with Crippen molar-refractivity contribution in [1.29, 1.82) is 0 Å². The number of nitrogens with zero attached hydrogens (tertiary/aromatic N) is 1. The lowest BCUT2D eigenvalue weighted by molar-refractivity contribution is -0.155. The average Bonchev–Trinajstić information content (AvgIpc) is 2.97. The van der Waals surface area contributed by atoms with Crippen molar-refractivity contribution in [3.63, 3.8) is 0 Å². The third kappa shape index (κ3) is 3.58. The van der Waals surface area contributed by atoms with Gasteiger partial charge in [0.15, 0.2) is 0 Å². The summed E-state index contributed by atoms with van der Waals surface area (Å²) in [5.74, 6) is 1.42. The average molecular weight is 398 g/mol. The summed E-state index contributed by atoms with van der Waals surface area (Å²) in [5.41, 5.74) is 0.518. The number of carbonyl (C=O) groups excluding carboxylic acids is 2. The fourth-order valence-electron chi connectivity index (χ4n) is 6.02. The van der Waals surface area contributed by atoms with E-state index >= 15 is 0 Å². The predicted octanol–water partition coefficient (Wildman–Crippen LogP) is 2.81. The van der Waals surface area contributed by atoms with Crippen molar-refractivity contribution in [2.24, 2.45) is 29.6 Å². The molecule has 0 spiro atoms. The van der Waals surface area contributed by atoms with E-state index in [1.54, 1.807) is 0 Å². The molecular formula is C24H35N3O2. The summed E-state index contributed by atoms with van der Waals surface area (Å²) in [6.07, 6.45) is 1.72. The molecule has 29 heavy (non-hydrogen) atoms. The molecule has 5 atom stereocenters. The summed E-state index contributed by atoms with van der Waals surface area (Å²) in [6, 6.07) is 10.6. The fourth-order valence-corrected chi connectivity index (χ4v) is 6.02. The zero-order valence-corrected chi connectivity index (χ0v) is 18.2. The highest BCUT2D eigenvalue weighted by Crippen LogP contribution is 2.54. The van der Waals surface area contributed by atoms with E-state index in [1.165, 1.54) is 5.56 Å². The number of fused-ring (bicyclic) bond motifs is 1. The zero-order chi connectivity index (χ0) is 20.8. The molecule has 1 aliphatic carbocycles. The highest BCUT2D eigenvalue weighted by molar-refractivity contribution is 5.96. The molecule has 2 N–H and O–H groups in total. The van der Waals surface area contributed by atoms with Crippen LogP contribution in [0.15, 0.2) is 30.3 Å². The second kappa shape index (κ2) is 7.75. The number of amides is 2. The molecule has 0 aromatic heterocycles. The van der Waals surface area contributed by atoms with Crippen LogP contribution in [-0.2, 0) is 16.1 Å². The minimum Gasteiger partial charge on any atom is -0.354 e. The number of piperidine rings is 2. The number of carbonyl (C=O) groups is 2. The zero-order valence-electron chi connectivity index (χ0n) is 18.2. The highest BCUT2D eigenvalue weighted by Gasteiger charge is 2.67. The van der Waals surface area contributed by atoms with Crippen molar-refractivity contribution in [2.75, 3.05) is 13.1 Å². The number of likely N-dealkylation sites (tertiary alicyclic amines) is 1. The van der Waals surface area contributed by atoms with Crippen molar-refractivity contribution in [1.82, 2.24) is 15.5 Å². The lowest BCUT2D eigenvalue weighted by Crippen LogP contribution is -2.76. The van der Waals surface area contributed by atoms with E-state index in [-0.39, 0.29) is 35.6 Å². The predicted molar refractivity (Wildman–Crippen MR) is 114 cm³/mol. The molecule has 5 nitrogen and oxygen atoms in total. The molecule has 4 bridgehead atoms. The van der Waals surface area contributed by atoms with Gasteiger partial charge >= 0.3 is 0 Å². The molecule has 0 radical (unpaired) electrons. The summed E-state index contributed by atoms with van der Waals surface area (Å²) in [7, 11) is 0. The smallest absolute Gasteiger partial charge is 0.246 e. The Balaban J connectivity index is 1.66. The lowest BCUT2D eigenvalue weighted by Gasteiger charge is -2.55. The summed E-state index contributed by atoms with van der Waals surface area (Å²) in [6.45, 7) is 11.1. The molecule has 1 aromatic carbocycles. The Morgan fingerprint density at radius 1 is 1.21 bits per heavy atom. The molecule has 158 valence electrons. The summed E-state index contributed by atoms with van der Waals surface area (Å²) < 4.78 is 0. The molecule has 4 fully saturated rings. The van der Waals surface area contributed by atoms with E-state index in [9.17, 15) is 9.59 Å². The number of nitrogens with one attached hydrogen (secondary N) is 2. The largest absolute Gasteiger partial charge is 0.354 e. The van der Waals surface area contributed by atoms with Crippen LogP contribution in [0, 0.1) is 29.6 Å². The van der Waals surface area contributed by atoms with Gasteiger partial charge in [-0.1, -0.05) is 58.0 Å². The lowest BCUT2D eigenvalue weighted by atomic mass is 9.57. The van der Waals surface area contributed by atoms with Crippen molar-refractivity contribution < 1.29 is 9.59 Å². The SMILES string of the molecule is CC(C)CNC(=O)C12CC3CN(Cc4ccccc4)C(C3C(=O)N1)C2CC(C)C. The molecule has 3 heterocycles. The third-order valence-corrected chi connectivity index (χ3v) is 7.07. The topological polar surface area (TPSA) is 61.4 Å². The van der Waals surface area contributed by atoms with Gasteiger partial charge in [-0.2, -0.15) is 0 Å². The van der Waals surface area contributed by atoms with Gasteiger partial charge < -0.3 is 10.6 Å². The first-order valence-corrected chi connectivity index (χ1v) is 11.2. The van der Waals surface area contributed by atoms with E-state index in [0.717, 1.165) is 25.9 Å². The van der Waals surface area contributed by atoms with Crippen LogP contribution in [-0.4, -0.2) is 41.4 Å². The van der Waals surface area contributed by atoms with Gasteiger partial charge in [0.05, 0.1) is 5.92 Å². The Hall–Kier alpha value is -1.88. The molecule has 5 heteroatoms. The first-order valence-electron chi connectivity index (χ1n) is 11.2. The summed E-state index contributed by atoms with van der Waals surface area (Å²) in [4.78, 5) is 29.0. The maximum absolute atomic E-state index is 13.5. The van der Waals surface area contributed by atoms with Gasteiger partial charge in [-0.15, -0.1) is 0 Å². The third-order valence-electron chi connectivity index (χ3n) is 7.07. The molecule has 5 unspecified atom stereocenters. The Kier molecular flexibility index (Phi) is 5.45. The van der Waals surface area contributed by atoms with Crippen LogP contribution in [0.4, 0.5) is 0 Å². The maximum Gasteiger partial charge on any atom is 0.246 e. The molecule has 3 saturated heterocycles. The van der Waals surface area contributed by atoms with Crippen LogP contribution in [0.5, 0.6) is 0 Å². The van der Waals surface area contributed by atoms with Crippen LogP contribution in [0.1, 0.15) is 46.1 Å². The first kappa shape index (κ1) is 20.4. The van der Waals surface area contributed by atoms with Crippen molar-refractivity contribution in [3.05, 3.63) is 35.9 Å². The van der Waals surface area contributed by atoms with Crippen LogP contribution in [0.25, 0.3) is 0 Å². The molecule has 1 aromatic rings. The number of hydrogen-bond acceptors (Lipinski definition) is 3. The van der Waals surface area contributed by atoms with Gasteiger partial charge in [-0.25, -0.2) is 0 Å². The molecular weight excluding hydrogens is 362 g/mol. The summed E-state index contributed by atoms with van der Waals surface area (Å²) >= 11 is 0. The number of benzene rings is 1. The van der Waals surface area contributed by atoms with E-state index < -0.39 is 5.54 Å². The second-order valence-electron chi connectivity index (χ2n) is 10.2. The van der Waals surface area contributed by atoms with Crippen LogP contribution in [0.3, 0.4) is 0 Å². The van der Waals surface area contributed by atoms with E-state index in [1.807, 2.05) is 6.07 Å². The molecule has 4 aliphatic rings. The van der Waals surface area contributed by atoms with Crippen LogP contribution in [0.2, 0.25) is 0 Å². The molecule has 1 saturated carbocycles. The maximum atomic E-state index is 13.5. The van der Waals surface area contributed by atoms with E-state index in [2.05, 4.69) is 67.5 Å². The number of hydrogen-bond donors (Lipinski definition) is 2. The van der Waals surface area contributed by atoms with Gasteiger partial charge in [0.2, 0.25) is 11.8 Å². The Bertz CT molecular complexity index is 763. The van der Waals surface area contributed by atoms with E-state index in [4.69, 9.17) is 0 Å². The number of rotatable bonds is 7. The van der Waals surface area contributed by atoms with Gasteiger partial charge in [-0.05, 0) is 36.2 Å². The van der Waals surface area contributed by atoms with Gasteiger partial charge in [-0.3, -0.25) is 14.5 Å². The van der Waals surface area contributed by atoms with Crippen molar-refractivity contribution >= 4 is 11.8 Å². The monoisotopic (exact) mass is 397 g/mol. The van der Waals surface area contributed by atoms with Gasteiger partial charge in [0.25, 0.3) is 0 Å². The van der Waals surface area contributed by atoms with Crippen molar-refractivity contribution in [2.45, 2.75) is 58.7 Å². The molecule has 3 aliphatic heterocycles. The fraction of sp³-hybridized carbons (Fsp3) is 0.667. The highest BCUT2D eigenvalue weighted by atomic mass is 16.2. The Morgan fingerprint density at radius 2 is 1.93 bits per heavy atom. The Morgan fingerprint density at radius 3 is 2.59 bits per heavy atom. The quantitative estimate of drug-likeness (QED) is 0.744. The van der Waals surface area contributed by atoms with Gasteiger partial charge in [0, 0.05) is 31.6 Å². The van der Waals surface area contributed by atoms with Gasteiger partial charge in [0.1, 0.15) is 5.54 Å². The Labute approximate surface area is 174 Å². The molecule has 5 rings (SSSR count). The first-order chi connectivity index (χ1) is 13.8. The standard InChI is InChI=1S/C24H35N3O2/c1-15(2)10-19-21-20-18(14-27(21)13-17-8-6-5-7-9-17)11-24(19,26-22(20)28)23(29)25-12-16(3)4/h5-9,15-16,18-21H,10-14H2,1-4H3,(H,25,29)(H,26,28). The minimum absolute atomic E-state index is 0.0160. The second-order valence-corrected chi connectivity index (χ2v) is 10.2.